The molecule has 1 N–H and O–H groups in total. The van der Waals surface area contributed by atoms with Crippen LogP contribution in [0.15, 0.2) is 54.6 Å². The quantitative estimate of drug-likeness (QED) is 0.796. The summed E-state index contributed by atoms with van der Waals surface area (Å²) in [5.41, 5.74) is 6.39. The van der Waals surface area contributed by atoms with Crippen molar-refractivity contribution in [3.8, 4) is 11.3 Å². The lowest BCUT2D eigenvalue weighted by molar-refractivity contribution is 0.772. The molecule has 1 aliphatic heterocycles. The second-order valence-corrected chi connectivity index (χ2v) is 6.76. The highest BCUT2D eigenvalue weighted by molar-refractivity contribution is 5.62. The Morgan fingerprint density at radius 2 is 1.68 bits per heavy atom. The van der Waals surface area contributed by atoms with Gasteiger partial charge in [0.1, 0.15) is 0 Å². The van der Waals surface area contributed by atoms with Crippen LogP contribution < -0.4 is 10.4 Å². The summed E-state index contributed by atoms with van der Waals surface area (Å²) in [5.74, 6) is 0.894. The SMILES string of the molecule is Cc1cc(C)cc(CN2CCn3c(-c4ccccc4)cc(=N)nc32)c1. The van der Waals surface area contributed by atoms with Crippen LogP contribution in [-0.4, -0.2) is 16.1 Å². The molecule has 0 fully saturated rings. The van der Waals surface area contributed by atoms with Gasteiger partial charge >= 0.3 is 0 Å². The molecule has 2 aromatic carbocycles. The average molecular weight is 330 g/mol. The van der Waals surface area contributed by atoms with E-state index in [2.05, 4.69) is 58.6 Å². The molecule has 4 rings (SSSR count). The fourth-order valence-corrected chi connectivity index (χ4v) is 3.68. The van der Waals surface area contributed by atoms with Gasteiger partial charge in [-0.15, -0.1) is 0 Å². The molecule has 0 saturated carbocycles. The minimum Gasteiger partial charge on any atom is -0.336 e. The third-order valence-electron chi connectivity index (χ3n) is 4.63. The van der Waals surface area contributed by atoms with Crippen LogP contribution in [0.4, 0.5) is 5.95 Å². The molecule has 0 unspecified atom stereocenters. The number of hydrogen-bond acceptors (Lipinski definition) is 3. The molecule has 1 aromatic heterocycles. The van der Waals surface area contributed by atoms with Gasteiger partial charge in [-0.1, -0.05) is 59.7 Å². The Hall–Kier alpha value is -2.88. The zero-order valence-corrected chi connectivity index (χ0v) is 14.7. The summed E-state index contributed by atoms with van der Waals surface area (Å²) >= 11 is 0. The fraction of sp³-hybridized carbons (Fsp3) is 0.238. The highest BCUT2D eigenvalue weighted by Crippen LogP contribution is 2.27. The number of nitrogens with zero attached hydrogens (tertiary/aromatic N) is 3. The number of aromatic nitrogens is 2. The van der Waals surface area contributed by atoms with Gasteiger partial charge < -0.3 is 9.47 Å². The van der Waals surface area contributed by atoms with Gasteiger partial charge in [-0.3, -0.25) is 5.41 Å². The first kappa shape index (κ1) is 15.6. The molecule has 126 valence electrons. The number of fused-ring (bicyclic) bond motifs is 1. The summed E-state index contributed by atoms with van der Waals surface area (Å²) in [7, 11) is 0. The fourth-order valence-electron chi connectivity index (χ4n) is 3.68. The topological polar surface area (TPSA) is 44.9 Å². The Kier molecular flexibility index (Phi) is 3.88. The largest absolute Gasteiger partial charge is 0.336 e. The van der Waals surface area contributed by atoms with Crippen LogP contribution in [0.5, 0.6) is 0 Å². The smallest absolute Gasteiger partial charge is 0.208 e. The first-order valence-electron chi connectivity index (χ1n) is 8.64. The summed E-state index contributed by atoms with van der Waals surface area (Å²) in [6, 6.07) is 18.8. The van der Waals surface area contributed by atoms with E-state index in [1.807, 2.05) is 24.3 Å². The van der Waals surface area contributed by atoms with Crippen LogP contribution >= 0.6 is 0 Å². The Bertz CT molecular complexity index is 953. The lowest BCUT2D eigenvalue weighted by atomic mass is 10.1. The third kappa shape index (κ3) is 3.07. The Morgan fingerprint density at radius 1 is 0.960 bits per heavy atom. The minimum absolute atomic E-state index is 0.317. The molecule has 0 radical (unpaired) electrons. The van der Waals surface area contributed by atoms with Crippen LogP contribution in [0.3, 0.4) is 0 Å². The van der Waals surface area contributed by atoms with Crippen LogP contribution in [-0.2, 0) is 13.1 Å². The summed E-state index contributed by atoms with van der Waals surface area (Å²) in [5, 5.41) is 8.14. The number of nitrogens with one attached hydrogen (secondary N) is 1. The van der Waals surface area contributed by atoms with Crippen molar-refractivity contribution >= 4 is 5.95 Å². The molecular formula is C21H22N4. The van der Waals surface area contributed by atoms with Gasteiger partial charge in [0.15, 0.2) is 5.49 Å². The van der Waals surface area contributed by atoms with Crippen molar-refractivity contribution < 1.29 is 0 Å². The van der Waals surface area contributed by atoms with E-state index in [4.69, 9.17) is 5.41 Å². The van der Waals surface area contributed by atoms with Crippen molar-refractivity contribution in [1.29, 1.82) is 5.41 Å². The minimum atomic E-state index is 0.317. The highest BCUT2D eigenvalue weighted by atomic mass is 15.4. The first-order valence-corrected chi connectivity index (χ1v) is 8.64. The molecule has 0 spiro atoms. The van der Waals surface area contributed by atoms with E-state index in [0.29, 0.717) is 5.49 Å². The molecule has 0 amide bonds. The molecule has 4 heteroatoms. The van der Waals surface area contributed by atoms with E-state index in [1.165, 1.54) is 16.7 Å². The molecule has 0 bridgehead atoms. The number of hydrogen-bond donors (Lipinski definition) is 1. The number of benzene rings is 2. The molecule has 3 aromatic rings. The normalized spacial score (nSPS) is 13.1. The summed E-state index contributed by atoms with van der Waals surface area (Å²) in [6.07, 6.45) is 0. The zero-order valence-electron chi connectivity index (χ0n) is 14.7. The van der Waals surface area contributed by atoms with Gasteiger partial charge in [0.05, 0.1) is 5.69 Å². The van der Waals surface area contributed by atoms with Crippen LogP contribution in [0.1, 0.15) is 16.7 Å². The molecule has 0 atom stereocenters. The van der Waals surface area contributed by atoms with Gasteiger partial charge in [0.2, 0.25) is 5.95 Å². The van der Waals surface area contributed by atoms with Gasteiger partial charge in [0, 0.05) is 25.7 Å². The molecule has 25 heavy (non-hydrogen) atoms. The maximum Gasteiger partial charge on any atom is 0.208 e. The van der Waals surface area contributed by atoms with Crippen molar-refractivity contribution in [1.82, 2.24) is 9.55 Å². The molecule has 1 aliphatic rings. The zero-order chi connectivity index (χ0) is 17.4. The van der Waals surface area contributed by atoms with Gasteiger partial charge in [-0.2, -0.15) is 4.98 Å². The van der Waals surface area contributed by atoms with Crippen LogP contribution in [0.2, 0.25) is 0 Å². The van der Waals surface area contributed by atoms with Crippen molar-refractivity contribution in [3.63, 3.8) is 0 Å². The molecule has 0 saturated heterocycles. The van der Waals surface area contributed by atoms with Gasteiger partial charge in [-0.05, 0) is 25.0 Å². The molecule has 0 aliphatic carbocycles. The third-order valence-corrected chi connectivity index (χ3v) is 4.63. The Balaban J connectivity index is 1.73. The maximum absolute atomic E-state index is 8.14. The Labute approximate surface area is 147 Å². The molecular weight excluding hydrogens is 308 g/mol. The predicted octanol–water partition coefficient (Wildman–Crippen LogP) is 3.67. The van der Waals surface area contributed by atoms with Crippen molar-refractivity contribution in [3.05, 3.63) is 76.8 Å². The monoisotopic (exact) mass is 330 g/mol. The van der Waals surface area contributed by atoms with Crippen molar-refractivity contribution in [2.24, 2.45) is 0 Å². The van der Waals surface area contributed by atoms with E-state index in [-0.39, 0.29) is 0 Å². The van der Waals surface area contributed by atoms with Crippen LogP contribution in [0.25, 0.3) is 11.3 Å². The summed E-state index contributed by atoms with van der Waals surface area (Å²) in [4.78, 5) is 6.79. The van der Waals surface area contributed by atoms with Gasteiger partial charge in [-0.25, -0.2) is 0 Å². The number of aryl methyl sites for hydroxylation is 2. The average Bonchev–Trinajstić information content (AvgIpc) is 2.97. The maximum atomic E-state index is 8.14. The first-order chi connectivity index (χ1) is 12.1. The lowest BCUT2D eigenvalue weighted by Crippen LogP contribution is -2.23. The van der Waals surface area contributed by atoms with E-state index >= 15 is 0 Å². The number of anilines is 1. The second-order valence-electron chi connectivity index (χ2n) is 6.76. The van der Waals surface area contributed by atoms with Gasteiger partial charge in [0.25, 0.3) is 0 Å². The standard InChI is InChI=1S/C21H22N4/c1-15-10-16(2)12-17(11-15)14-24-8-9-25-19(13-20(22)23-21(24)25)18-6-4-3-5-7-18/h3-7,10-13,22H,8-9,14H2,1-2H3. The second kappa shape index (κ2) is 6.20. The van der Waals surface area contributed by atoms with E-state index in [0.717, 1.165) is 36.8 Å². The lowest BCUT2D eigenvalue weighted by Gasteiger charge is -2.19. The predicted molar refractivity (Wildman–Crippen MR) is 100 cm³/mol. The van der Waals surface area contributed by atoms with E-state index in [1.54, 1.807) is 0 Å². The van der Waals surface area contributed by atoms with E-state index < -0.39 is 0 Å². The van der Waals surface area contributed by atoms with Crippen molar-refractivity contribution in [2.75, 3.05) is 11.4 Å². The summed E-state index contributed by atoms with van der Waals surface area (Å²) in [6.45, 7) is 6.92. The number of rotatable bonds is 3. The van der Waals surface area contributed by atoms with E-state index in [9.17, 15) is 0 Å². The Morgan fingerprint density at radius 3 is 2.40 bits per heavy atom. The highest BCUT2D eigenvalue weighted by Gasteiger charge is 2.23. The van der Waals surface area contributed by atoms with Crippen LogP contribution in [0, 0.1) is 19.3 Å². The molecule has 2 heterocycles. The van der Waals surface area contributed by atoms with Crippen molar-refractivity contribution in [2.45, 2.75) is 26.9 Å². The molecule has 4 nitrogen and oxygen atoms in total. The summed E-state index contributed by atoms with van der Waals surface area (Å²) < 4.78 is 2.23.